The van der Waals surface area contributed by atoms with Gasteiger partial charge in [0, 0.05) is 25.6 Å². The number of aryl methyl sites for hydroxylation is 1. The van der Waals surface area contributed by atoms with Crippen LogP contribution in [0.4, 0.5) is 0 Å². The molecule has 0 spiro atoms. The second-order valence-corrected chi connectivity index (χ2v) is 7.59. The van der Waals surface area contributed by atoms with Gasteiger partial charge in [0.25, 0.3) is 0 Å². The zero-order valence-electron chi connectivity index (χ0n) is 15.7. The first-order valence-electron chi connectivity index (χ1n) is 9.08. The molecule has 0 radical (unpaired) electrons. The number of carbonyl (C=O) groups excluding carboxylic acids is 1. The summed E-state index contributed by atoms with van der Waals surface area (Å²) in [6.45, 7) is 7.17. The summed E-state index contributed by atoms with van der Waals surface area (Å²) < 4.78 is 1.95. The lowest BCUT2D eigenvalue weighted by Gasteiger charge is -2.19. The molecule has 0 atom stereocenters. The van der Waals surface area contributed by atoms with Crippen LogP contribution in [0.3, 0.4) is 0 Å². The Kier molecular flexibility index (Phi) is 5.35. The maximum Gasteiger partial charge on any atom is 0.220 e. The molecule has 1 N–H and O–H groups in total. The van der Waals surface area contributed by atoms with Crippen molar-refractivity contribution in [1.29, 1.82) is 0 Å². The molecule has 3 aromatic rings. The summed E-state index contributed by atoms with van der Waals surface area (Å²) in [4.78, 5) is 12.1. The second kappa shape index (κ2) is 7.68. The first kappa shape index (κ1) is 18.1. The van der Waals surface area contributed by atoms with Crippen LogP contribution in [0.25, 0.3) is 5.65 Å². The van der Waals surface area contributed by atoms with E-state index in [1.165, 1.54) is 11.1 Å². The van der Waals surface area contributed by atoms with Crippen LogP contribution in [0.2, 0.25) is 0 Å². The van der Waals surface area contributed by atoms with E-state index in [0.29, 0.717) is 19.4 Å². The Balaban J connectivity index is 1.44. The minimum Gasteiger partial charge on any atom is -0.356 e. The van der Waals surface area contributed by atoms with Gasteiger partial charge in [0.2, 0.25) is 5.91 Å². The molecule has 0 saturated heterocycles. The van der Waals surface area contributed by atoms with E-state index in [1.54, 1.807) is 0 Å². The normalized spacial score (nSPS) is 11.7. The number of hydrogen-bond acceptors (Lipinski definition) is 3. The number of benzene rings is 1. The second-order valence-electron chi connectivity index (χ2n) is 7.59. The third-order valence-corrected chi connectivity index (χ3v) is 4.52. The van der Waals surface area contributed by atoms with Gasteiger partial charge >= 0.3 is 0 Å². The van der Waals surface area contributed by atoms with Crippen molar-refractivity contribution in [3.63, 3.8) is 0 Å². The van der Waals surface area contributed by atoms with Gasteiger partial charge in [0.1, 0.15) is 5.82 Å². The quantitative estimate of drug-likeness (QED) is 0.742. The Labute approximate surface area is 154 Å². The van der Waals surface area contributed by atoms with Crippen LogP contribution in [0, 0.1) is 0 Å². The predicted molar refractivity (Wildman–Crippen MR) is 103 cm³/mol. The summed E-state index contributed by atoms with van der Waals surface area (Å²) in [6, 6.07) is 14.4. The van der Waals surface area contributed by atoms with E-state index >= 15 is 0 Å². The van der Waals surface area contributed by atoms with Crippen molar-refractivity contribution >= 4 is 11.6 Å². The number of fused-ring (bicyclic) bond motifs is 1. The summed E-state index contributed by atoms with van der Waals surface area (Å²) >= 11 is 0. The standard InChI is InChI=1S/C21H26N4O/c1-21(2,3)17-10-7-16(8-11-17)9-12-20(26)22-14-13-19-24-23-18-6-4-5-15-25(18)19/h4-8,10-11,15H,9,12-14H2,1-3H3,(H,22,26). The number of aromatic nitrogens is 3. The number of carbonyl (C=O) groups is 1. The molecule has 0 aliphatic heterocycles. The third-order valence-electron chi connectivity index (χ3n) is 4.52. The maximum absolute atomic E-state index is 12.1. The van der Waals surface area contributed by atoms with E-state index in [1.807, 2.05) is 28.8 Å². The Morgan fingerprint density at radius 3 is 2.54 bits per heavy atom. The highest BCUT2D eigenvalue weighted by molar-refractivity contribution is 5.76. The largest absolute Gasteiger partial charge is 0.356 e. The summed E-state index contributed by atoms with van der Waals surface area (Å²) in [7, 11) is 0. The molecule has 3 rings (SSSR count). The maximum atomic E-state index is 12.1. The minimum absolute atomic E-state index is 0.0683. The molecular formula is C21H26N4O. The summed E-state index contributed by atoms with van der Waals surface area (Å²) in [5, 5.41) is 11.3. The molecule has 1 amide bonds. The highest BCUT2D eigenvalue weighted by Gasteiger charge is 2.13. The van der Waals surface area contributed by atoms with Crippen molar-refractivity contribution in [2.24, 2.45) is 0 Å². The average Bonchev–Trinajstić information content (AvgIpc) is 3.03. The third kappa shape index (κ3) is 4.48. The van der Waals surface area contributed by atoms with Gasteiger partial charge in [0.05, 0.1) is 0 Å². The highest BCUT2D eigenvalue weighted by atomic mass is 16.1. The Hall–Kier alpha value is -2.69. The monoisotopic (exact) mass is 350 g/mol. The Morgan fingerprint density at radius 2 is 1.81 bits per heavy atom. The molecule has 136 valence electrons. The lowest BCUT2D eigenvalue weighted by atomic mass is 9.86. The van der Waals surface area contributed by atoms with Gasteiger partial charge in [-0.2, -0.15) is 0 Å². The van der Waals surface area contributed by atoms with Gasteiger partial charge in [0.15, 0.2) is 5.65 Å². The summed E-state index contributed by atoms with van der Waals surface area (Å²) in [5.74, 6) is 0.928. The van der Waals surface area contributed by atoms with Crippen LogP contribution >= 0.6 is 0 Å². The van der Waals surface area contributed by atoms with Crippen molar-refractivity contribution < 1.29 is 4.79 Å². The minimum atomic E-state index is 0.0683. The molecule has 0 fully saturated rings. The number of pyridine rings is 1. The fraction of sp³-hybridized carbons (Fsp3) is 0.381. The van der Waals surface area contributed by atoms with Crippen molar-refractivity contribution in [2.75, 3.05) is 6.54 Å². The van der Waals surface area contributed by atoms with Crippen LogP contribution in [0.5, 0.6) is 0 Å². The Morgan fingerprint density at radius 1 is 1.04 bits per heavy atom. The number of rotatable bonds is 6. The molecule has 2 aromatic heterocycles. The van der Waals surface area contributed by atoms with Crippen molar-refractivity contribution in [2.45, 2.75) is 45.4 Å². The smallest absolute Gasteiger partial charge is 0.220 e. The van der Waals surface area contributed by atoms with Crippen LogP contribution in [-0.4, -0.2) is 27.0 Å². The van der Waals surface area contributed by atoms with Crippen LogP contribution in [0.1, 0.15) is 44.1 Å². The zero-order valence-corrected chi connectivity index (χ0v) is 15.7. The van der Waals surface area contributed by atoms with Crippen LogP contribution < -0.4 is 5.32 Å². The molecule has 0 unspecified atom stereocenters. The molecule has 0 saturated carbocycles. The molecule has 0 bridgehead atoms. The molecule has 26 heavy (non-hydrogen) atoms. The van der Waals surface area contributed by atoms with Crippen LogP contribution in [-0.2, 0) is 23.1 Å². The van der Waals surface area contributed by atoms with E-state index < -0.39 is 0 Å². The molecule has 5 heteroatoms. The van der Waals surface area contributed by atoms with Gasteiger partial charge in [-0.25, -0.2) is 0 Å². The molecule has 2 heterocycles. The average molecular weight is 350 g/mol. The van der Waals surface area contributed by atoms with Crippen LogP contribution in [0.15, 0.2) is 48.7 Å². The summed E-state index contributed by atoms with van der Waals surface area (Å²) in [6.07, 6.45) is 3.85. The number of amides is 1. The number of hydrogen-bond donors (Lipinski definition) is 1. The van der Waals surface area contributed by atoms with Gasteiger partial charge in [-0.05, 0) is 35.1 Å². The Bertz CT molecular complexity index is 875. The number of nitrogens with one attached hydrogen (secondary N) is 1. The SMILES string of the molecule is CC(C)(C)c1ccc(CCC(=O)NCCc2nnc3ccccn23)cc1. The summed E-state index contributed by atoms with van der Waals surface area (Å²) in [5.41, 5.74) is 3.48. The van der Waals surface area contributed by atoms with E-state index in [0.717, 1.165) is 17.9 Å². The molecular weight excluding hydrogens is 324 g/mol. The predicted octanol–water partition coefficient (Wildman–Crippen LogP) is 3.32. The van der Waals surface area contributed by atoms with Crippen molar-refractivity contribution in [3.05, 3.63) is 65.6 Å². The number of nitrogens with zero attached hydrogens (tertiary/aromatic N) is 3. The van der Waals surface area contributed by atoms with E-state index in [4.69, 9.17) is 0 Å². The first-order chi connectivity index (χ1) is 12.4. The van der Waals surface area contributed by atoms with E-state index in [9.17, 15) is 4.79 Å². The van der Waals surface area contributed by atoms with Gasteiger partial charge in [-0.15, -0.1) is 10.2 Å². The van der Waals surface area contributed by atoms with Crippen molar-refractivity contribution in [1.82, 2.24) is 19.9 Å². The van der Waals surface area contributed by atoms with E-state index in [-0.39, 0.29) is 11.3 Å². The lowest BCUT2D eigenvalue weighted by Crippen LogP contribution is -2.26. The van der Waals surface area contributed by atoms with Gasteiger partial charge in [-0.1, -0.05) is 51.1 Å². The molecule has 0 aliphatic rings. The van der Waals surface area contributed by atoms with Gasteiger partial charge in [-0.3, -0.25) is 9.20 Å². The molecule has 1 aromatic carbocycles. The topological polar surface area (TPSA) is 59.3 Å². The molecule has 0 aliphatic carbocycles. The first-order valence-corrected chi connectivity index (χ1v) is 9.08. The van der Waals surface area contributed by atoms with Crippen molar-refractivity contribution in [3.8, 4) is 0 Å². The fourth-order valence-electron chi connectivity index (χ4n) is 2.89. The highest BCUT2D eigenvalue weighted by Crippen LogP contribution is 2.22. The van der Waals surface area contributed by atoms with E-state index in [2.05, 4.69) is 60.6 Å². The zero-order chi connectivity index (χ0) is 18.6. The lowest BCUT2D eigenvalue weighted by molar-refractivity contribution is -0.121. The van der Waals surface area contributed by atoms with Gasteiger partial charge < -0.3 is 5.32 Å². The fourth-order valence-corrected chi connectivity index (χ4v) is 2.89. The molecule has 5 nitrogen and oxygen atoms in total.